The van der Waals surface area contributed by atoms with E-state index >= 15 is 0 Å². The van der Waals surface area contributed by atoms with E-state index < -0.39 is 0 Å². The highest BCUT2D eigenvalue weighted by molar-refractivity contribution is 8.93. The molecule has 5 heteroatoms. The molecule has 2 aromatic rings. The standard InChI is InChI=1S/C8H8N2OS.BrH/c1-11-5-2-3-6-7(4-5)12-8(9)10-6;/h2-4H,1H3,(H2,9,10);1H. The van der Waals surface area contributed by atoms with Gasteiger partial charge in [-0.2, -0.15) is 0 Å². The molecule has 0 aliphatic rings. The number of hydrogen-bond donors (Lipinski definition) is 1. The van der Waals surface area contributed by atoms with Gasteiger partial charge in [0.05, 0.1) is 17.3 Å². The van der Waals surface area contributed by atoms with Crippen LogP contribution in [0.5, 0.6) is 5.75 Å². The van der Waals surface area contributed by atoms with Crippen LogP contribution in [0.1, 0.15) is 0 Å². The van der Waals surface area contributed by atoms with Gasteiger partial charge in [0.15, 0.2) is 5.13 Å². The van der Waals surface area contributed by atoms with E-state index in [1.54, 1.807) is 7.11 Å². The number of hydrogen-bond acceptors (Lipinski definition) is 4. The lowest BCUT2D eigenvalue weighted by molar-refractivity contribution is 0.415. The summed E-state index contributed by atoms with van der Waals surface area (Å²) in [5.74, 6) is 0.839. The van der Waals surface area contributed by atoms with Crippen LogP contribution in [0.15, 0.2) is 18.2 Å². The van der Waals surface area contributed by atoms with E-state index in [0.29, 0.717) is 5.13 Å². The van der Waals surface area contributed by atoms with Gasteiger partial charge in [-0.1, -0.05) is 11.3 Å². The molecule has 70 valence electrons. The van der Waals surface area contributed by atoms with Crippen molar-refractivity contribution >= 4 is 43.7 Å². The maximum absolute atomic E-state index is 5.55. The third-order valence-electron chi connectivity index (χ3n) is 1.61. The Balaban J connectivity index is 0.000000845. The van der Waals surface area contributed by atoms with Gasteiger partial charge in [0.2, 0.25) is 0 Å². The van der Waals surface area contributed by atoms with Crippen molar-refractivity contribution in [3.63, 3.8) is 0 Å². The highest BCUT2D eigenvalue weighted by Crippen LogP contribution is 2.26. The SMILES string of the molecule is Br.COc1ccc2nc(N)sc2c1. The van der Waals surface area contributed by atoms with Gasteiger partial charge < -0.3 is 10.5 Å². The number of anilines is 1. The zero-order valence-corrected chi connectivity index (χ0v) is 9.51. The Bertz CT molecular complexity index is 415. The highest BCUT2D eigenvalue weighted by Gasteiger charge is 2.00. The van der Waals surface area contributed by atoms with Crippen molar-refractivity contribution in [2.45, 2.75) is 0 Å². The minimum absolute atomic E-state index is 0. The topological polar surface area (TPSA) is 48.1 Å². The van der Waals surface area contributed by atoms with E-state index in [0.717, 1.165) is 16.0 Å². The molecule has 0 unspecified atom stereocenters. The lowest BCUT2D eigenvalue weighted by Crippen LogP contribution is -1.81. The van der Waals surface area contributed by atoms with E-state index in [4.69, 9.17) is 10.5 Å². The van der Waals surface area contributed by atoms with Crippen molar-refractivity contribution in [3.05, 3.63) is 18.2 Å². The van der Waals surface area contributed by atoms with Crippen LogP contribution in [0.4, 0.5) is 5.13 Å². The number of nitrogen functional groups attached to an aromatic ring is 1. The molecule has 1 aromatic heterocycles. The summed E-state index contributed by atoms with van der Waals surface area (Å²) in [5, 5.41) is 0.596. The summed E-state index contributed by atoms with van der Waals surface area (Å²) in [6.45, 7) is 0. The molecule has 0 saturated carbocycles. The fourth-order valence-corrected chi connectivity index (χ4v) is 1.81. The quantitative estimate of drug-likeness (QED) is 0.857. The largest absolute Gasteiger partial charge is 0.497 e. The van der Waals surface area contributed by atoms with Crippen LogP contribution in [0, 0.1) is 0 Å². The Labute approximate surface area is 90.3 Å². The van der Waals surface area contributed by atoms with E-state index in [1.165, 1.54) is 11.3 Å². The molecule has 1 heterocycles. The number of rotatable bonds is 1. The Morgan fingerprint density at radius 2 is 2.23 bits per heavy atom. The van der Waals surface area contributed by atoms with Gasteiger partial charge >= 0.3 is 0 Å². The molecule has 3 nitrogen and oxygen atoms in total. The Morgan fingerprint density at radius 1 is 1.46 bits per heavy atom. The molecule has 0 atom stereocenters. The molecular weight excluding hydrogens is 252 g/mol. The minimum Gasteiger partial charge on any atom is -0.497 e. The second-order valence-electron chi connectivity index (χ2n) is 2.39. The van der Waals surface area contributed by atoms with Crippen molar-refractivity contribution in [3.8, 4) is 5.75 Å². The number of nitrogens with zero attached hydrogens (tertiary/aromatic N) is 1. The fraction of sp³-hybridized carbons (Fsp3) is 0.125. The number of nitrogens with two attached hydrogens (primary N) is 1. The molecule has 0 bridgehead atoms. The number of ether oxygens (including phenoxy) is 1. The zero-order valence-electron chi connectivity index (χ0n) is 6.98. The van der Waals surface area contributed by atoms with Crippen molar-refractivity contribution in [1.29, 1.82) is 0 Å². The molecule has 0 aliphatic carbocycles. The van der Waals surface area contributed by atoms with Crippen molar-refractivity contribution in [2.75, 3.05) is 12.8 Å². The third-order valence-corrected chi connectivity index (χ3v) is 2.46. The first kappa shape index (κ1) is 10.3. The summed E-state index contributed by atoms with van der Waals surface area (Å²) < 4.78 is 6.13. The van der Waals surface area contributed by atoms with Gasteiger partial charge in [-0.25, -0.2) is 4.98 Å². The summed E-state index contributed by atoms with van der Waals surface area (Å²) in [4.78, 5) is 4.13. The lowest BCUT2D eigenvalue weighted by atomic mass is 10.3. The van der Waals surface area contributed by atoms with E-state index in [2.05, 4.69) is 4.98 Å². The van der Waals surface area contributed by atoms with Crippen LogP contribution in [0.3, 0.4) is 0 Å². The summed E-state index contributed by atoms with van der Waals surface area (Å²) in [7, 11) is 1.64. The third kappa shape index (κ3) is 1.92. The van der Waals surface area contributed by atoms with E-state index in [-0.39, 0.29) is 17.0 Å². The summed E-state index contributed by atoms with van der Waals surface area (Å²) >= 11 is 1.47. The molecule has 0 amide bonds. The lowest BCUT2D eigenvalue weighted by Gasteiger charge is -1.96. The monoisotopic (exact) mass is 260 g/mol. The molecule has 0 aliphatic heterocycles. The maximum Gasteiger partial charge on any atom is 0.181 e. The first-order valence-electron chi connectivity index (χ1n) is 3.49. The average Bonchev–Trinajstić information content (AvgIpc) is 2.43. The molecule has 0 saturated heterocycles. The molecule has 0 radical (unpaired) electrons. The van der Waals surface area contributed by atoms with Gasteiger partial charge in [0, 0.05) is 0 Å². The van der Waals surface area contributed by atoms with Crippen LogP contribution in [-0.2, 0) is 0 Å². The molecule has 0 fully saturated rings. The highest BCUT2D eigenvalue weighted by atomic mass is 79.9. The van der Waals surface area contributed by atoms with Crippen LogP contribution >= 0.6 is 28.3 Å². The molecule has 0 spiro atoms. The fourth-order valence-electron chi connectivity index (χ4n) is 1.05. The van der Waals surface area contributed by atoms with Crippen LogP contribution in [0.25, 0.3) is 10.2 Å². The van der Waals surface area contributed by atoms with Gasteiger partial charge in [-0.15, -0.1) is 17.0 Å². The minimum atomic E-state index is 0. The number of benzene rings is 1. The number of thiazole rings is 1. The summed E-state index contributed by atoms with van der Waals surface area (Å²) in [5.41, 5.74) is 6.48. The van der Waals surface area contributed by atoms with Crippen LogP contribution in [-0.4, -0.2) is 12.1 Å². The number of halogens is 1. The normalized spacial score (nSPS) is 9.62. The van der Waals surface area contributed by atoms with E-state index in [9.17, 15) is 0 Å². The predicted octanol–water partition coefficient (Wildman–Crippen LogP) is 2.46. The van der Waals surface area contributed by atoms with Gasteiger partial charge in [-0.05, 0) is 18.2 Å². The maximum atomic E-state index is 5.55. The predicted molar refractivity (Wildman–Crippen MR) is 60.9 cm³/mol. The van der Waals surface area contributed by atoms with Gasteiger partial charge in [0.25, 0.3) is 0 Å². The van der Waals surface area contributed by atoms with Crippen LogP contribution in [0.2, 0.25) is 0 Å². The first-order valence-corrected chi connectivity index (χ1v) is 4.31. The number of aromatic nitrogens is 1. The van der Waals surface area contributed by atoms with Crippen molar-refractivity contribution < 1.29 is 4.74 Å². The molecule has 13 heavy (non-hydrogen) atoms. The average molecular weight is 261 g/mol. The Hall–Kier alpha value is -0.810. The second kappa shape index (κ2) is 3.93. The number of fused-ring (bicyclic) bond motifs is 1. The van der Waals surface area contributed by atoms with Crippen LogP contribution < -0.4 is 10.5 Å². The van der Waals surface area contributed by atoms with Crippen molar-refractivity contribution in [1.82, 2.24) is 4.98 Å². The Morgan fingerprint density at radius 3 is 2.92 bits per heavy atom. The molecule has 2 N–H and O–H groups in total. The van der Waals surface area contributed by atoms with Gasteiger partial charge in [0.1, 0.15) is 5.75 Å². The number of methoxy groups -OCH3 is 1. The second-order valence-corrected chi connectivity index (χ2v) is 3.45. The van der Waals surface area contributed by atoms with Crippen molar-refractivity contribution in [2.24, 2.45) is 0 Å². The smallest absolute Gasteiger partial charge is 0.181 e. The molecule has 1 aromatic carbocycles. The molecular formula is C8H9BrN2OS. The molecule has 2 rings (SSSR count). The van der Waals surface area contributed by atoms with Gasteiger partial charge in [-0.3, -0.25) is 0 Å². The Kier molecular flexibility index (Phi) is 3.11. The zero-order chi connectivity index (χ0) is 8.55. The van der Waals surface area contributed by atoms with E-state index in [1.807, 2.05) is 18.2 Å². The summed E-state index contributed by atoms with van der Waals surface area (Å²) in [6.07, 6.45) is 0. The first-order chi connectivity index (χ1) is 5.79. The summed E-state index contributed by atoms with van der Waals surface area (Å²) in [6, 6.07) is 5.71.